The van der Waals surface area contributed by atoms with E-state index in [9.17, 15) is 4.79 Å². The van der Waals surface area contributed by atoms with Gasteiger partial charge in [-0.05, 0) is 19.2 Å². The van der Waals surface area contributed by atoms with Crippen LogP contribution in [-0.2, 0) is 11.2 Å². The fourth-order valence-electron chi connectivity index (χ4n) is 2.31. The maximum absolute atomic E-state index is 11.0. The highest BCUT2D eigenvalue weighted by atomic mass is 16.4. The largest absolute Gasteiger partial charge is 0.480 e. The van der Waals surface area contributed by atoms with Crippen molar-refractivity contribution in [2.24, 2.45) is 5.92 Å². The number of likely N-dealkylation sites (N-methyl/N-ethyl adjacent to an activating group) is 1. The fraction of sp³-hybridized carbons (Fsp3) is 0.538. The molecule has 0 saturated carbocycles. The summed E-state index contributed by atoms with van der Waals surface area (Å²) in [7, 11) is 2.01. The number of nitrogens with one attached hydrogen (secondary N) is 2. The zero-order valence-corrected chi connectivity index (χ0v) is 11.0. The molecule has 19 heavy (non-hydrogen) atoms. The predicted molar refractivity (Wildman–Crippen MR) is 71.5 cm³/mol. The molecule has 0 radical (unpaired) electrons. The van der Waals surface area contributed by atoms with Crippen molar-refractivity contribution >= 4 is 5.97 Å². The van der Waals surface area contributed by atoms with E-state index in [1.807, 2.05) is 25.2 Å². The Morgan fingerprint density at radius 3 is 3.11 bits per heavy atom. The smallest absolute Gasteiger partial charge is 0.322 e. The summed E-state index contributed by atoms with van der Waals surface area (Å²) in [6.07, 6.45) is 2.67. The Morgan fingerprint density at radius 1 is 1.58 bits per heavy atom. The molecule has 2 rings (SSSR count). The average Bonchev–Trinajstić information content (AvgIpc) is 2.86. The maximum Gasteiger partial charge on any atom is 0.322 e. The molecule has 0 amide bonds. The van der Waals surface area contributed by atoms with Gasteiger partial charge >= 0.3 is 5.97 Å². The number of aliphatic carboxylic acids is 1. The van der Waals surface area contributed by atoms with Gasteiger partial charge in [-0.15, -0.1) is 0 Å². The molecule has 6 nitrogen and oxygen atoms in total. The van der Waals surface area contributed by atoms with Crippen molar-refractivity contribution in [2.75, 3.05) is 26.7 Å². The molecule has 0 aromatic carbocycles. The molecule has 3 N–H and O–H groups in total. The van der Waals surface area contributed by atoms with Gasteiger partial charge in [-0.2, -0.15) is 0 Å². The van der Waals surface area contributed by atoms with Gasteiger partial charge in [-0.25, -0.2) is 5.43 Å². The lowest BCUT2D eigenvalue weighted by Crippen LogP contribution is -2.42. The number of hydrazine groups is 1. The number of nitrogens with zero attached hydrogens (tertiary/aromatic N) is 2. The molecule has 1 aromatic rings. The van der Waals surface area contributed by atoms with Gasteiger partial charge in [-0.3, -0.25) is 15.2 Å². The highest BCUT2D eigenvalue weighted by Gasteiger charge is 2.33. The number of carboxylic acid groups (broad SMARTS) is 1. The Labute approximate surface area is 112 Å². The molecule has 104 valence electrons. The Hall–Kier alpha value is -1.50. The molecule has 0 spiro atoms. The summed E-state index contributed by atoms with van der Waals surface area (Å²) < 4.78 is 0. The minimum Gasteiger partial charge on any atom is -0.480 e. The molecular formula is C13H20N4O2. The first-order valence-corrected chi connectivity index (χ1v) is 6.46. The number of hydrogen-bond acceptors (Lipinski definition) is 5. The molecule has 1 saturated heterocycles. The van der Waals surface area contributed by atoms with Crippen LogP contribution >= 0.6 is 0 Å². The van der Waals surface area contributed by atoms with Crippen LogP contribution in [0, 0.1) is 5.92 Å². The van der Waals surface area contributed by atoms with E-state index >= 15 is 0 Å². The minimum absolute atomic E-state index is 0.0891. The van der Waals surface area contributed by atoms with Crippen LogP contribution in [0.4, 0.5) is 0 Å². The van der Waals surface area contributed by atoms with Crippen molar-refractivity contribution in [2.45, 2.75) is 12.5 Å². The second-order valence-corrected chi connectivity index (χ2v) is 4.93. The second kappa shape index (κ2) is 6.60. The van der Waals surface area contributed by atoms with Crippen LogP contribution < -0.4 is 10.9 Å². The lowest BCUT2D eigenvalue weighted by molar-refractivity contribution is -0.140. The van der Waals surface area contributed by atoms with Crippen LogP contribution in [0.1, 0.15) is 5.69 Å². The summed E-state index contributed by atoms with van der Waals surface area (Å²) in [4.78, 5) is 17.5. The van der Waals surface area contributed by atoms with Crippen molar-refractivity contribution in [3.8, 4) is 0 Å². The topological polar surface area (TPSA) is 77.5 Å². The normalized spacial score (nSPS) is 22.8. The molecule has 6 heteroatoms. The average molecular weight is 264 g/mol. The van der Waals surface area contributed by atoms with Crippen molar-refractivity contribution in [1.82, 2.24) is 20.7 Å². The fourth-order valence-corrected chi connectivity index (χ4v) is 2.31. The molecule has 1 fully saturated rings. The number of carboxylic acids is 1. The van der Waals surface area contributed by atoms with E-state index in [1.54, 1.807) is 6.20 Å². The van der Waals surface area contributed by atoms with Gasteiger partial charge in [0.15, 0.2) is 0 Å². The molecule has 0 bridgehead atoms. The van der Waals surface area contributed by atoms with Crippen LogP contribution in [0.2, 0.25) is 0 Å². The molecule has 1 aromatic heterocycles. The Balaban J connectivity index is 1.78. The first-order valence-electron chi connectivity index (χ1n) is 6.46. The predicted octanol–water partition coefficient (Wildman–Crippen LogP) is -0.267. The van der Waals surface area contributed by atoms with Crippen molar-refractivity contribution in [3.05, 3.63) is 30.1 Å². The lowest BCUT2D eigenvalue weighted by atomic mass is 10.0. The molecule has 0 aliphatic carbocycles. The van der Waals surface area contributed by atoms with Crippen LogP contribution in [-0.4, -0.2) is 53.7 Å². The number of pyridine rings is 1. The van der Waals surface area contributed by atoms with Crippen LogP contribution in [0.25, 0.3) is 0 Å². The third-order valence-corrected chi connectivity index (χ3v) is 3.38. The first-order chi connectivity index (χ1) is 9.16. The van der Waals surface area contributed by atoms with Gasteiger partial charge in [0.2, 0.25) is 0 Å². The molecule has 2 atom stereocenters. The zero-order valence-electron chi connectivity index (χ0n) is 11.0. The van der Waals surface area contributed by atoms with E-state index < -0.39 is 12.0 Å². The van der Waals surface area contributed by atoms with Crippen molar-refractivity contribution in [1.29, 1.82) is 0 Å². The Bertz CT molecular complexity index is 412. The summed E-state index contributed by atoms with van der Waals surface area (Å²) in [5.74, 6) is -0.709. The monoisotopic (exact) mass is 264 g/mol. The molecular weight excluding hydrogens is 244 g/mol. The number of aromatic nitrogens is 1. The summed E-state index contributed by atoms with van der Waals surface area (Å²) >= 11 is 0. The lowest BCUT2D eigenvalue weighted by Gasteiger charge is -2.22. The number of rotatable bonds is 6. The van der Waals surface area contributed by atoms with Gasteiger partial charge in [0.05, 0.1) is 0 Å². The van der Waals surface area contributed by atoms with Crippen molar-refractivity contribution in [3.63, 3.8) is 0 Å². The standard InChI is InChI=1S/C13H20N4O2/c1-17(7-5-11-4-2-3-6-14-11)9-10-8-15-16-12(10)13(18)19/h2-4,6,10,12,15-16H,5,7-9H2,1H3,(H,18,19). The van der Waals surface area contributed by atoms with Gasteiger partial charge in [-0.1, -0.05) is 6.07 Å². The summed E-state index contributed by atoms with van der Waals surface area (Å²) in [6.45, 7) is 2.31. The third-order valence-electron chi connectivity index (χ3n) is 3.38. The van der Waals surface area contributed by atoms with Crippen LogP contribution in [0.3, 0.4) is 0 Å². The van der Waals surface area contributed by atoms with Gasteiger partial charge in [0.1, 0.15) is 6.04 Å². The number of hydrogen-bond donors (Lipinski definition) is 3. The highest BCUT2D eigenvalue weighted by Crippen LogP contribution is 2.10. The molecule has 1 aliphatic rings. The zero-order chi connectivity index (χ0) is 13.7. The highest BCUT2D eigenvalue weighted by molar-refractivity contribution is 5.74. The third kappa shape index (κ3) is 3.99. The van der Waals surface area contributed by atoms with Crippen LogP contribution in [0.15, 0.2) is 24.4 Å². The SMILES string of the molecule is CN(CCc1ccccn1)CC1CNNC1C(=O)O. The molecule has 1 aliphatic heterocycles. The van der Waals surface area contributed by atoms with E-state index in [-0.39, 0.29) is 5.92 Å². The summed E-state index contributed by atoms with van der Waals surface area (Å²) in [5, 5.41) is 9.07. The summed E-state index contributed by atoms with van der Waals surface area (Å²) in [5.41, 5.74) is 6.77. The van der Waals surface area contributed by atoms with E-state index in [4.69, 9.17) is 5.11 Å². The van der Waals surface area contributed by atoms with Gasteiger partial charge in [0.25, 0.3) is 0 Å². The van der Waals surface area contributed by atoms with Gasteiger partial charge in [0, 0.05) is 43.9 Å². The van der Waals surface area contributed by atoms with Crippen molar-refractivity contribution < 1.29 is 9.90 Å². The number of carbonyl (C=O) groups is 1. The maximum atomic E-state index is 11.0. The van der Waals surface area contributed by atoms with Gasteiger partial charge < -0.3 is 10.0 Å². The van der Waals surface area contributed by atoms with E-state index in [0.717, 1.165) is 25.2 Å². The first kappa shape index (κ1) is 13.9. The molecule has 2 heterocycles. The van der Waals surface area contributed by atoms with E-state index in [1.165, 1.54) is 0 Å². The van der Waals surface area contributed by atoms with E-state index in [0.29, 0.717) is 6.54 Å². The Morgan fingerprint density at radius 2 is 2.42 bits per heavy atom. The minimum atomic E-state index is -0.798. The van der Waals surface area contributed by atoms with E-state index in [2.05, 4.69) is 20.7 Å². The Kier molecular flexibility index (Phi) is 4.84. The molecule has 2 unspecified atom stereocenters. The van der Waals surface area contributed by atoms with Crippen LogP contribution in [0.5, 0.6) is 0 Å². The summed E-state index contributed by atoms with van der Waals surface area (Å²) in [6, 6.07) is 5.39. The second-order valence-electron chi connectivity index (χ2n) is 4.93. The quantitative estimate of drug-likeness (QED) is 0.657.